The van der Waals surface area contributed by atoms with Gasteiger partial charge >= 0.3 is 0 Å². The topological polar surface area (TPSA) is 0 Å². The van der Waals surface area contributed by atoms with Crippen LogP contribution in [0.15, 0.2) is 0 Å². The highest BCUT2D eigenvalue weighted by molar-refractivity contribution is 6.80. The molecule has 100 valence electrons. The van der Waals surface area contributed by atoms with Gasteiger partial charge in [-0.25, -0.2) is 0 Å². The summed E-state index contributed by atoms with van der Waals surface area (Å²) in [6.07, 6.45) is 12.3. The predicted octanol–water partition coefficient (Wildman–Crippen LogP) is 5.86. The van der Waals surface area contributed by atoms with Crippen molar-refractivity contribution in [2.75, 3.05) is 0 Å². The monoisotopic (exact) mass is 252 g/mol. The first-order valence-corrected chi connectivity index (χ1v) is 11.2. The lowest BCUT2D eigenvalue weighted by Gasteiger charge is -2.45. The van der Waals surface area contributed by atoms with E-state index in [-0.39, 0.29) is 0 Å². The maximum atomic E-state index is 2.72. The van der Waals surface area contributed by atoms with Crippen LogP contribution in [0, 0.1) is 11.8 Å². The van der Waals surface area contributed by atoms with E-state index in [1.165, 1.54) is 25.7 Å². The van der Waals surface area contributed by atoms with E-state index < -0.39 is 8.07 Å². The molecule has 2 rings (SSSR count). The highest BCUT2D eigenvalue weighted by Crippen LogP contribution is 2.49. The second-order valence-corrected chi connectivity index (χ2v) is 13.0. The Morgan fingerprint density at radius 2 is 1.12 bits per heavy atom. The van der Waals surface area contributed by atoms with Crippen LogP contribution in [0.3, 0.4) is 0 Å². The van der Waals surface area contributed by atoms with Gasteiger partial charge in [0.2, 0.25) is 0 Å². The molecule has 17 heavy (non-hydrogen) atoms. The normalized spacial score (nSPS) is 40.2. The summed E-state index contributed by atoms with van der Waals surface area (Å²) >= 11 is 0. The SMILES string of the molecule is CC1CCCC([Si](C)(C)C2CCCC(C)C2)C1. The summed E-state index contributed by atoms with van der Waals surface area (Å²) in [7, 11) is -0.985. The zero-order valence-electron chi connectivity index (χ0n) is 12.5. The van der Waals surface area contributed by atoms with Gasteiger partial charge in [-0.15, -0.1) is 0 Å². The summed E-state index contributed by atoms with van der Waals surface area (Å²) in [5.41, 5.74) is 2.28. The minimum absolute atomic E-state index is 0.985. The molecule has 0 aromatic carbocycles. The second kappa shape index (κ2) is 5.46. The summed E-state index contributed by atoms with van der Waals surface area (Å²) in [6.45, 7) is 10.4. The standard InChI is InChI=1S/C16H32Si/c1-13-7-5-9-15(11-13)17(3,4)16-10-6-8-14(2)12-16/h13-16H,5-12H2,1-4H3. The molecule has 2 aliphatic rings. The summed E-state index contributed by atoms with van der Waals surface area (Å²) in [4.78, 5) is 0. The van der Waals surface area contributed by atoms with Crippen LogP contribution in [0.1, 0.15) is 65.2 Å². The Bertz CT molecular complexity index is 222. The van der Waals surface area contributed by atoms with Gasteiger partial charge in [-0.2, -0.15) is 0 Å². The van der Waals surface area contributed by atoms with Crippen molar-refractivity contribution < 1.29 is 0 Å². The molecule has 2 saturated carbocycles. The summed E-state index contributed by atoms with van der Waals surface area (Å²) in [6, 6.07) is 0. The van der Waals surface area contributed by atoms with Gasteiger partial charge in [0, 0.05) is 0 Å². The van der Waals surface area contributed by atoms with Crippen LogP contribution in [-0.4, -0.2) is 8.07 Å². The molecular weight excluding hydrogens is 220 g/mol. The molecule has 0 aliphatic heterocycles. The molecule has 0 bridgehead atoms. The molecule has 2 fully saturated rings. The zero-order valence-corrected chi connectivity index (χ0v) is 13.5. The van der Waals surface area contributed by atoms with E-state index in [0.717, 1.165) is 22.9 Å². The van der Waals surface area contributed by atoms with Crippen molar-refractivity contribution in [3.05, 3.63) is 0 Å². The van der Waals surface area contributed by atoms with Crippen LogP contribution in [0.25, 0.3) is 0 Å². The third-order valence-electron chi connectivity index (χ3n) is 5.98. The third-order valence-corrected chi connectivity index (χ3v) is 11.2. The van der Waals surface area contributed by atoms with E-state index in [1.807, 2.05) is 0 Å². The van der Waals surface area contributed by atoms with Gasteiger partial charge in [0.05, 0.1) is 8.07 Å². The van der Waals surface area contributed by atoms with E-state index in [9.17, 15) is 0 Å². The fourth-order valence-corrected chi connectivity index (χ4v) is 9.14. The van der Waals surface area contributed by atoms with Crippen LogP contribution >= 0.6 is 0 Å². The maximum absolute atomic E-state index is 2.72. The first kappa shape index (κ1) is 13.6. The Labute approximate surface area is 110 Å². The van der Waals surface area contributed by atoms with Crippen molar-refractivity contribution in [1.82, 2.24) is 0 Å². The van der Waals surface area contributed by atoms with Crippen LogP contribution in [0.5, 0.6) is 0 Å². The van der Waals surface area contributed by atoms with Gasteiger partial charge in [-0.05, 0) is 22.9 Å². The minimum Gasteiger partial charge on any atom is -0.0689 e. The number of hydrogen-bond donors (Lipinski definition) is 0. The van der Waals surface area contributed by atoms with Crippen molar-refractivity contribution in [1.29, 1.82) is 0 Å². The van der Waals surface area contributed by atoms with Gasteiger partial charge in [-0.1, -0.05) is 78.3 Å². The average molecular weight is 253 g/mol. The van der Waals surface area contributed by atoms with Crippen molar-refractivity contribution in [2.45, 2.75) is 89.4 Å². The number of rotatable bonds is 2. The lowest BCUT2D eigenvalue weighted by molar-refractivity contribution is 0.351. The first-order valence-electron chi connectivity index (χ1n) is 8.00. The Hall–Kier alpha value is 0.217. The quantitative estimate of drug-likeness (QED) is 0.540. The van der Waals surface area contributed by atoms with Crippen LogP contribution in [-0.2, 0) is 0 Å². The highest BCUT2D eigenvalue weighted by Gasteiger charge is 2.41. The Kier molecular flexibility index (Phi) is 4.38. The van der Waals surface area contributed by atoms with Crippen molar-refractivity contribution in [2.24, 2.45) is 11.8 Å². The van der Waals surface area contributed by atoms with E-state index in [1.54, 1.807) is 25.7 Å². The molecule has 0 amide bonds. The molecule has 1 heteroatoms. The van der Waals surface area contributed by atoms with E-state index in [2.05, 4.69) is 26.9 Å². The summed E-state index contributed by atoms with van der Waals surface area (Å²) in [5, 5.41) is 0. The van der Waals surface area contributed by atoms with Gasteiger partial charge < -0.3 is 0 Å². The van der Waals surface area contributed by atoms with Crippen molar-refractivity contribution in [3.8, 4) is 0 Å². The largest absolute Gasteiger partial charge is 0.0689 e. The summed E-state index contributed by atoms with van der Waals surface area (Å²) < 4.78 is 0. The molecule has 0 aromatic rings. The molecular formula is C16H32Si. The predicted molar refractivity (Wildman–Crippen MR) is 80.2 cm³/mol. The fourth-order valence-electron chi connectivity index (χ4n) is 4.55. The molecule has 2 aliphatic carbocycles. The molecule has 0 aromatic heterocycles. The zero-order chi connectivity index (χ0) is 12.5. The van der Waals surface area contributed by atoms with E-state index in [0.29, 0.717) is 0 Å². The second-order valence-electron chi connectivity index (χ2n) is 7.76. The molecule has 0 nitrogen and oxygen atoms in total. The Morgan fingerprint density at radius 1 is 0.706 bits per heavy atom. The maximum Gasteiger partial charge on any atom is 0.0536 e. The van der Waals surface area contributed by atoms with Crippen molar-refractivity contribution >= 4 is 8.07 Å². The number of hydrogen-bond acceptors (Lipinski definition) is 0. The molecule has 0 N–H and O–H groups in total. The third kappa shape index (κ3) is 3.16. The molecule has 0 saturated heterocycles. The molecule has 0 heterocycles. The average Bonchev–Trinajstić information content (AvgIpc) is 2.29. The van der Waals surface area contributed by atoms with Crippen LogP contribution in [0.4, 0.5) is 0 Å². The fraction of sp³-hybridized carbons (Fsp3) is 1.00. The lowest BCUT2D eigenvalue weighted by Crippen LogP contribution is -2.41. The lowest BCUT2D eigenvalue weighted by atomic mass is 9.90. The van der Waals surface area contributed by atoms with Crippen LogP contribution < -0.4 is 0 Å². The van der Waals surface area contributed by atoms with Crippen LogP contribution in [0.2, 0.25) is 24.2 Å². The van der Waals surface area contributed by atoms with Gasteiger partial charge in [0.25, 0.3) is 0 Å². The Morgan fingerprint density at radius 3 is 1.47 bits per heavy atom. The molecule has 0 radical (unpaired) electrons. The van der Waals surface area contributed by atoms with Gasteiger partial charge in [0.1, 0.15) is 0 Å². The first-order chi connectivity index (χ1) is 8.00. The van der Waals surface area contributed by atoms with Gasteiger partial charge in [0.15, 0.2) is 0 Å². The van der Waals surface area contributed by atoms with Gasteiger partial charge in [-0.3, -0.25) is 0 Å². The van der Waals surface area contributed by atoms with Crippen molar-refractivity contribution in [3.63, 3.8) is 0 Å². The smallest absolute Gasteiger partial charge is 0.0536 e. The highest BCUT2D eigenvalue weighted by atomic mass is 28.3. The van der Waals surface area contributed by atoms with E-state index in [4.69, 9.17) is 0 Å². The molecule has 0 spiro atoms. The Balaban J connectivity index is 2.00. The summed E-state index contributed by atoms with van der Waals surface area (Å²) in [5.74, 6) is 2.03. The molecule has 4 unspecified atom stereocenters. The molecule has 4 atom stereocenters. The van der Waals surface area contributed by atoms with E-state index >= 15 is 0 Å². The minimum atomic E-state index is -0.985.